The molecule has 4 rings (SSSR count). The first kappa shape index (κ1) is 18.2. The smallest absolute Gasteiger partial charge is 0.334 e. The van der Waals surface area contributed by atoms with E-state index >= 15 is 0 Å². The number of nitrogens with one attached hydrogen (secondary N) is 2. The van der Waals surface area contributed by atoms with Crippen LogP contribution in [0.25, 0.3) is 10.9 Å². The lowest BCUT2D eigenvalue weighted by Crippen LogP contribution is -2.06. The van der Waals surface area contributed by atoms with E-state index in [0.717, 1.165) is 16.6 Å². The van der Waals surface area contributed by atoms with Crippen LogP contribution in [-0.2, 0) is 0 Å². The predicted octanol–water partition coefficient (Wildman–Crippen LogP) is 4.87. The van der Waals surface area contributed by atoms with E-state index in [0.29, 0.717) is 5.69 Å². The molecule has 0 amide bonds. The Bertz CT molecular complexity index is 1230. The molecule has 0 atom stereocenters. The van der Waals surface area contributed by atoms with Gasteiger partial charge in [-0.25, -0.2) is 14.4 Å². The highest BCUT2D eigenvalue weighted by Gasteiger charge is 2.24. The first-order chi connectivity index (χ1) is 14.0. The number of hydrogen-bond donors (Lipinski definition) is 2. The number of aryl methyl sites for hydroxylation is 1. The van der Waals surface area contributed by atoms with Gasteiger partial charge < -0.3 is 10.6 Å². The van der Waals surface area contributed by atoms with Crippen LogP contribution in [0.4, 0.5) is 33.1 Å². The number of para-hydroxylation sites is 1. The van der Waals surface area contributed by atoms with Crippen molar-refractivity contribution in [2.75, 3.05) is 10.6 Å². The Hall–Kier alpha value is -4.14. The van der Waals surface area contributed by atoms with Crippen molar-refractivity contribution >= 4 is 39.6 Å². The van der Waals surface area contributed by atoms with Crippen molar-refractivity contribution < 1.29 is 9.31 Å². The fourth-order valence-corrected chi connectivity index (χ4v) is 2.92. The Labute approximate surface area is 164 Å². The minimum atomic E-state index is -0.612. The minimum absolute atomic E-state index is 0.0167. The summed E-state index contributed by atoms with van der Waals surface area (Å²) < 4.78 is 14.0. The second kappa shape index (κ2) is 7.47. The van der Waals surface area contributed by atoms with Gasteiger partial charge in [0.2, 0.25) is 11.6 Å². The van der Waals surface area contributed by atoms with Crippen LogP contribution < -0.4 is 10.6 Å². The maximum atomic E-state index is 14.0. The van der Waals surface area contributed by atoms with Gasteiger partial charge in [0.15, 0.2) is 0 Å². The van der Waals surface area contributed by atoms with Gasteiger partial charge in [0.05, 0.1) is 16.1 Å². The highest BCUT2D eigenvalue weighted by Crippen LogP contribution is 2.35. The topological polar surface area (TPSA) is 106 Å². The minimum Gasteiger partial charge on any atom is -0.334 e. The fraction of sp³-hybridized carbons (Fsp3) is 0.0500. The molecule has 2 heterocycles. The summed E-state index contributed by atoms with van der Waals surface area (Å²) in [6.07, 6.45) is 1.17. The molecule has 0 spiro atoms. The van der Waals surface area contributed by atoms with Gasteiger partial charge in [-0.1, -0.05) is 18.2 Å². The summed E-state index contributed by atoms with van der Waals surface area (Å²) in [6.45, 7) is 1.88. The zero-order valence-corrected chi connectivity index (χ0v) is 15.3. The molecule has 0 saturated heterocycles. The van der Waals surface area contributed by atoms with E-state index in [9.17, 15) is 14.5 Å². The molecule has 0 unspecified atom stereocenters. The quantitative estimate of drug-likeness (QED) is 0.370. The van der Waals surface area contributed by atoms with Crippen LogP contribution in [0.15, 0.2) is 60.9 Å². The molecule has 2 N–H and O–H groups in total. The van der Waals surface area contributed by atoms with Crippen molar-refractivity contribution in [2.24, 2.45) is 0 Å². The third-order valence-corrected chi connectivity index (χ3v) is 4.26. The van der Waals surface area contributed by atoms with Crippen LogP contribution in [-0.4, -0.2) is 19.9 Å². The molecular weight excluding hydrogens is 375 g/mol. The number of pyridine rings is 1. The van der Waals surface area contributed by atoms with Gasteiger partial charge >= 0.3 is 5.69 Å². The Morgan fingerprint density at radius 3 is 2.34 bits per heavy atom. The second-order valence-electron chi connectivity index (χ2n) is 6.23. The zero-order chi connectivity index (χ0) is 20.4. The molecule has 8 nitrogen and oxygen atoms in total. The number of benzene rings is 2. The number of hydrogen-bond acceptors (Lipinski definition) is 7. The zero-order valence-electron chi connectivity index (χ0n) is 15.3. The van der Waals surface area contributed by atoms with Crippen LogP contribution in [0.3, 0.4) is 0 Å². The number of fused-ring (bicyclic) bond motifs is 1. The van der Waals surface area contributed by atoms with E-state index < -0.39 is 16.4 Å². The largest absolute Gasteiger partial charge is 0.353 e. The number of aromatic nitrogens is 3. The molecule has 0 radical (unpaired) electrons. The van der Waals surface area contributed by atoms with E-state index in [2.05, 4.69) is 25.6 Å². The molecule has 9 heteroatoms. The molecule has 144 valence electrons. The van der Waals surface area contributed by atoms with E-state index in [1.807, 2.05) is 25.1 Å². The molecule has 0 bridgehead atoms. The number of nitro groups is 1. The van der Waals surface area contributed by atoms with Crippen molar-refractivity contribution in [1.29, 1.82) is 0 Å². The summed E-state index contributed by atoms with van der Waals surface area (Å²) in [5, 5.41) is 18.2. The van der Waals surface area contributed by atoms with Gasteiger partial charge in [0.25, 0.3) is 0 Å². The fourth-order valence-electron chi connectivity index (χ4n) is 2.92. The first-order valence-electron chi connectivity index (χ1n) is 8.67. The van der Waals surface area contributed by atoms with Crippen molar-refractivity contribution in [3.05, 3.63) is 82.6 Å². The summed E-state index contributed by atoms with van der Waals surface area (Å²) in [4.78, 5) is 23.6. The lowest BCUT2D eigenvalue weighted by atomic mass is 10.1. The van der Waals surface area contributed by atoms with Crippen LogP contribution in [0.2, 0.25) is 0 Å². The monoisotopic (exact) mass is 390 g/mol. The molecule has 0 fully saturated rings. The lowest BCUT2D eigenvalue weighted by molar-refractivity contribution is -0.383. The van der Waals surface area contributed by atoms with Gasteiger partial charge in [-0.2, -0.15) is 0 Å². The number of halogens is 1. The number of anilines is 4. The third-order valence-electron chi connectivity index (χ3n) is 4.26. The second-order valence-corrected chi connectivity index (χ2v) is 6.23. The summed E-state index contributed by atoms with van der Waals surface area (Å²) in [5.41, 5.74) is 1.89. The van der Waals surface area contributed by atoms with E-state index in [4.69, 9.17) is 0 Å². The Morgan fingerprint density at radius 1 is 0.931 bits per heavy atom. The lowest BCUT2D eigenvalue weighted by Gasteiger charge is -2.12. The van der Waals surface area contributed by atoms with Crippen LogP contribution in [0.1, 0.15) is 5.69 Å². The summed E-state index contributed by atoms with van der Waals surface area (Å²) in [7, 11) is 0. The average molecular weight is 390 g/mol. The Morgan fingerprint density at radius 2 is 1.62 bits per heavy atom. The highest BCUT2D eigenvalue weighted by molar-refractivity contribution is 5.94. The molecule has 0 aliphatic carbocycles. The number of rotatable bonds is 5. The van der Waals surface area contributed by atoms with Crippen LogP contribution >= 0.6 is 0 Å². The Kier molecular flexibility index (Phi) is 4.70. The SMILES string of the molecule is Cc1ccc2c(Nc3ncnc(Nc4ccccc4F)c3[N+](=O)[O-])cccc2n1. The standard InChI is InChI=1S/C20H15FN6O2/c1-12-9-10-13-15(24-12)7-4-8-16(13)25-19-18(27(28)29)20(23-11-22-19)26-17-6-3-2-5-14(17)21/h2-11H,1H3,(H2,22,23,25,26). The van der Waals surface area contributed by atoms with Crippen LogP contribution in [0, 0.1) is 22.9 Å². The van der Waals surface area contributed by atoms with Gasteiger partial charge in [0.1, 0.15) is 12.1 Å². The Balaban J connectivity index is 1.77. The van der Waals surface area contributed by atoms with Gasteiger partial charge in [-0.05, 0) is 43.3 Å². The maximum Gasteiger partial charge on any atom is 0.353 e. The maximum absolute atomic E-state index is 14.0. The molecule has 0 saturated carbocycles. The third kappa shape index (κ3) is 3.65. The van der Waals surface area contributed by atoms with E-state index in [1.165, 1.54) is 24.5 Å². The molecule has 4 aromatic rings. The van der Waals surface area contributed by atoms with Crippen molar-refractivity contribution in [2.45, 2.75) is 6.92 Å². The molecule has 2 aromatic carbocycles. The van der Waals surface area contributed by atoms with E-state index in [1.54, 1.807) is 18.2 Å². The molecule has 2 aromatic heterocycles. The van der Waals surface area contributed by atoms with Gasteiger partial charge in [-0.3, -0.25) is 15.1 Å². The van der Waals surface area contributed by atoms with Gasteiger partial charge in [0, 0.05) is 16.8 Å². The predicted molar refractivity (Wildman–Crippen MR) is 108 cm³/mol. The average Bonchev–Trinajstić information content (AvgIpc) is 2.69. The summed E-state index contributed by atoms with van der Waals surface area (Å²) >= 11 is 0. The van der Waals surface area contributed by atoms with E-state index in [-0.39, 0.29) is 17.3 Å². The highest BCUT2D eigenvalue weighted by atomic mass is 19.1. The molecular formula is C20H15FN6O2. The van der Waals surface area contributed by atoms with Crippen molar-refractivity contribution in [3.63, 3.8) is 0 Å². The molecule has 29 heavy (non-hydrogen) atoms. The molecule has 0 aliphatic heterocycles. The first-order valence-corrected chi connectivity index (χ1v) is 8.67. The number of nitrogens with zero attached hydrogens (tertiary/aromatic N) is 4. The normalized spacial score (nSPS) is 10.7. The molecule has 0 aliphatic rings. The van der Waals surface area contributed by atoms with Crippen LogP contribution in [0.5, 0.6) is 0 Å². The summed E-state index contributed by atoms with van der Waals surface area (Å²) in [5.74, 6) is -0.686. The van der Waals surface area contributed by atoms with Gasteiger partial charge in [-0.15, -0.1) is 0 Å². The van der Waals surface area contributed by atoms with Crippen molar-refractivity contribution in [3.8, 4) is 0 Å². The van der Waals surface area contributed by atoms with Crippen molar-refractivity contribution in [1.82, 2.24) is 15.0 Å². The summed E-state index contributed by atoms with van der Waals surface area (Å²) in [6, 6.07) is 15.0.